The highest BCUT2D eigenvalue weighted by molar-refractivity contribution is 5.90. The first-order chi connectivity index (χ1) is 12.1. The molecule has 0 aromatic heterocycles. The highest BCUT2D eigenvalue weighted by atomic mass is 16.5. The zero-order chi connectivity index (χ0) is 17.8. The first kappa shape index (κ1) is 17.3. The molecule has 1 unspecified atom stereocenters. The molecule has 2 aromatic carbocycles. The van der Waals surface area contributed by atoms with Crippen molar-refractivity contribution in [3.05, 3.63) is 59.7 Å². The average molecular weight is 340 g/mol. The number of fused-ring (bicyclic) bond motifs is 1. The Hall–Kier alpha value is -2.53. The summed E-state index contributed by atoms with van der Waals surface area (Å²) < 4.78 is 5.77. The summed E-state index contributed by atoms with van der Waals surface area (Å²) in [5, 5.41) is 9.24. The number of hydrogen-bond acceptors (Lipinski definition) is 4. The molecular formula is C20H24N2O3. The minimum absolute atomic E-state index is 0.205. The van der Waals surface area contributed by atoms with Crippen molar-refractivity contribution in [1.82, 2.24) is 4.90 Å². The number of rotatable bonds is 5. The quantitative estimate of drug-likeness (QED) is 0.906. The summed E-state index contributed by atoms with van der Waals surface area (Å²) in [4.78, 5) is 15.9. The van der Waals surface area contributed by atoms with Crippen LogP contribution in [0, 0.1) is 0 Å². The Morgan fingerprint density at radius 1 is 1.20 bits per heavy atom. The molecule has 1 aliphatic heterocycles. The van der Waals surface area contributed by atoms with Crippen LogP contribution in [0.25, 0.3) is 0 Å². The van der Waals surface area contributed by atoms with E-state index in [0.717, 1.165) is 19.6 Å². The third-order valence-corrected chi connectivity index (χ3v) is 4.69. The van der Waals surface area contributed by atoms with E-state index in [1.807, 2.05) is 0 Å². The molecule has 0 bridgehead atoms. The summed E-state index contributed by atoms with van der Waals surface area (Å²) in [6.45, 7) is 5.24. The topological polar surface area (TPSA) is 53.0 Å². The van der Waals surface area contributed by atoms with Gasteiger partial charge in [0.25, 0.3) is 0 Å². The van der Waals surface area contributed by atoms with E-state index in [-0.39, 0.29) is 5.56 Å². The maximum absolute atomic E-state index is 11.3. The Kier molecular flexibility index (Phi) is 5.24. The molecule has 0 saturated heterocycles. The Morgan fingerprint density at radius 2 is 1.92 bits per heavy atom. The second-order valence-corrected chi connectivity index (χ2v) is 6.48. The van der Waals surface area contributed by atoms with Crippen LogP contribution in [0.2, 0.25) is 0 Å². The van der Waals surface area contributed by atoms with E-state index in [2.05, 4.69) is 48.0 Å². The fourth-order valence-electron chi connectivity index (χ4n) is 3.34. The summed E-state index contributed by atoms with van der Waals surface area (Å²) in [5.74, 6) is -0.538. The zero-order valence-corrected chi connectivity index (χ0v) is 14.7. The van der Waals surface area contributed by atoms with Crippen LogP contribution >= 0.6 is 0 Å². The van der Waals surface area contributed by atoms with Crippen LogP contribution in [0.15, 0.2) is 48.5 Å². The number of nitrogens with zero attached hydrogens (tertiary/aromatic N) is 2. The van der Waals surface area contributed by atoms with Gasteiger partial charge in [-0.15, -0.1) is 0 Å². The van der Waals surface area contributed by atoms with E-state index in [4.69, 9.17) is 4.74 Å². The van der Waals surface area contributed by atoms with Crippen molar-refractivity contribution in [2.45, 2.75) is 19.5 Å². The molecule has 1 N–H and O–H groups in total. The van der Waals surface area contributed by atoms with Gasteiger partial charge in [0.15, 0.2) is 0 Å². The van der Waals surface area contributed by atoms with Crippen molar-refractivity contribution < 1.29 is 14.6 Å². The number of ether oxygens (including phenoxy) is 1. The number of hydrogen-bond donors (Lipinski definition) is 1. The van der Waals surface area contributed by atoms with Crippen LogP contribution in [-0.2, 0) is 6.54 Å². The third kappa shape index (κ3) is 3.94. The van der Waals surface area contributed by atoms with E-state index < -0.39 is 5.97 Å². The Labute approximate surface area is 148 Å². The van der Waals surface area contributed by atoms with Gasteiger partial charge in [-0.25, -0.2) is 4.79 Å². The van der Waals surface area contributed by atoms with Crippen LogP contribution in [0.5, 0.6) is 5.75 Å². The molecule has 5 heteroatoms. The highest BCUT2D eigenvalue weighted by Crippen LogP contribution is 2.26. The normalized spacial score (nSPS) is 17.7. The van der Waals surface area contributed by atoms with Crippen molar-refractivity contribution in [2.24, 2.45) is 0 Å². The number of carboxylic acids is 1. The number of anilines is 1. The number of likely N-dealkylation sites (N-methyl/N-ethyl adjacent to an activating group) is 1. The van der Waals surface area contributed by atoms with Gasteiger partial charge in [-0.1, -0.05) is 30.3 Å². The maximum atomic E-state index is 11.3. The fourth-order valence-corrected chi connectivity index (χ4v) is 3.34. The summed E-state index contributed by atoms with van der Waals surface area (Å²) >= 11 is 0. The standard InChI is InChI=1S/C20H24N2O3/c1-15-13-21(2)18-9-5-3-7-16(18)14-22(15)11-12-25-19-10-6-4-8-17(19)20(23)24/h3-10,15H,11-14H2,1-2H3,(H,23,24). The second kappa shape index (κ2) is 7.57. The molecule has 0 amide bonds. The lowest BCUT2D eigenvalue weighted by Gasteiger charge is -2.28. The first-order valence-electron chi connectivity index (χ1n) is 8.54. The van der Waals surface area contributed by atoms with E-state index in [1.54, 1.807) is 24.3 Å². The Morgan fingerprint density at radius 3 is 2.72 bits per heavy atom. The molecule has 0 aliphatic carbocycles. The number of para-hydroxylation sites is 2. The lowest BCUT2D eigenvalue weighted by atomic mass is 10.1. The van der Waals surface area contributed by atoms with Gasteiger partial charge in [0.2, 0.25) is 0 Å². The van der Waals surface area contributed by atoms with Crippen LogP contribution in [-0.4, -0.2) is 48.8 Å². The predicted molar refractivity (Wildman–Crippen MR) is 98.5 cm³/mol. The van der Waals surface area contributed by atoms with E-state index >= 15 is 0 Å². The number of benzene rings is 2. The average Bonchev–Trinajstić information content (AvgIpc) is 2.72. The first-order valence-corrected chi connectivity index (χ1v) is 8.54. The van der Waals surface area contributed by atoms with Crippen molar-refractivity contribution in [1.29, 1.82) is 0 Å². The van der Waals surface area contributed by atoms with E-state index in [1.165, 1.54) is 11.3 Å². The third-order valence-electron chi connectivity index (χ3n) is 4.69. The van der Waals surface area contributed by atoms with Gasteiger partial charge in [0, 0.05) is 38.4 Å². The molecule has 1 atom stereocenters. The largest absolute Gasteiger partial charge is 0.491 e. The van der Waals surface area contributed by atoms with Crippen LogP contribution < -0.4 is 9.64 Å². The van der Waals surface area contributed by atoms with Gasteiger partial charge in [-0.05, 0) is 30.7 Å². The molecule has 2 aromatic rings. The minimum atomic E-state index is -0.964. The molecule has 1 aliphatic rings. The summed E-state index contributed by atoms with van der Waals surface area (Å²) in [6.07, 6.45) is 0. The Balaban J connectivity index is 1.66. The van der Waals surface area contributed by atoms with Gasteiger partial charge < -0.3 is 14.7 Å². The molecule has 0 fully saturated rings. The maximum Gasteiger partial charge on any atom is 0.339 e. The van der Waals surface area contributed by atoms with E-state index in [9.17, 15) is 9.90 Å². The second-order valence-electron chi connectivity index (χ2n) is 6.48. The molecule has 5 nitrogen and oxygen atoms in total. The van der Waals surface area contributed by atoms with Gasteiger partial charge in [-0.2, -0.15) is 0 Å². The molecule has 3 rings (SSSR count). The monoisotopic (exact) mass is 340 g/mol. The molecule has 0 spiro atoms. The molecule has 132 valence electrons. The molecule has 0 radical (unpaired) electrons. The van der Waals surface area contributed by atoms with Crippen LogP contribution in [0.3, 0.4) is 0 Å². The van der Waals surface area contributed by atoms with Crippen LogP contribution in [0.1, 0.15) is 22.8 Å². The van der Waals surface area contributed by atoms with Crippen molar-refractivity contribution in [3.63, 3.8) is 0 Å². The molecule has 25 heavy (non-hydrogen) atoms. The van der Waals surface area contributed by atoms with Gasteiger partial charge in [0.05, 0.1) is 0 Å². The summed E-state index contributed by atoms with van der Waals surface area (Å²) in [6, 6.07) is 15.6. The molecule has 1 heterocycles. The lowest BCUT2D eigenvalue weighted by molar-refractivity contribution is 0.0691. The van der Waals surface area contributed by atoms with Crippen molar-refractivity contribution in [3.8, 4) is 5.75 Å². The fraction of sp³-hybridized carbons (Fsp3) is 0.350. The van der Waals surface area contributed by atoms with Gasteiger partial charge in [0.1, 0.15) is 17.9 Å². The van der Waals surface area contributed by atoms with Crippen molar-refractivity contribution >= 4 is 11.7 Å². The van der Waals surface area contributed by atoms with E-state index in [0.29, 0.717) is 18.4 Å². The SMILES string of the molecule is CC1CN(C)c2ccccc2CN1CCOc1ccccc1C(=O)O. The predicted octanol–water partition coefficient (Wildman–Crippen LogP) is 3.10. The van der Waals surface area contributed by atoms with Gasteiger partial charge >= 0.3 is 5.97 Å². The lowest BCUT2D eigenvalue weighted by Crippen LogP contribution is -2.40. The number of carboxylic acid groups (broad SMARTS) is 1. The zero-order valence-electron chi connectivity index (χ0n) is 14.7. The molecule has 0 saturated carbocycles. The molecular weight excluding hydrogens is 316 g/mol. The Bertz CT molecular complexity index is 747. The highest BCUT2D eigenvalue weighted by Gasteiger charge is 2.23. The minimum Gasteiger partial charge on any atom is -0.491 e. The van der Waals surface area contributed by atoms with Gasteiger partial charge in [-0.3, -0.25) is 4.90 Å². The van der Waals surface area contributed by atoms with Crippen LogP contribution in [0.4, 0.5) is 5.69 Å². The number of aromatic carboxylic acids is 1. The number of carbonyl (C=O) groups is 1. The van der Waals surface area contributed by atoms with Crippen molar-refractivity contribution in [2.75, 3.05) is 31.6 Å². The smallest absolute Gasteiger partial charge is 0.339 e. The summed E-state index contributed by atoms with van der Waals surface area (Å²) in [5.41, 5.74) is 2.78. The summed E-state index contributed by atoms with van der Waals surface area (Å²) in [7, 11) is 2.12.